The smallest absolute Gasteiger partial charge is 0.326 e. The Labute approximate surface area is 424 Å². The summed E-state index contributed by atoms with van der Waals surface area (Å²) in [5.41, 5.74) is 5.29. The molecule has 0 bridgehead atoms. The number of carboxylic acids is 1. The molecule has 20 nitrogen and oxygen atoms in total. The maximum absolute atomic E-state index is 14.9. The lowest BCUT2D eigenvalue weighted by Crippen LogP contribution is -2.63. The number of amides is 9. The van der Waals surface area contributed by atoms with E-state index >= 15 is 0 Å². The van der Waals surface area contributed by atoms with Gasteiger partial charge in [0.05, 0.1) is 0 Å². The molecular formula is C51H93N9O11. The van der Waals surface area contributed by atoms with Crippen molar-refractivity contribution in [2.24, 2.45) is 47.2 Å². The van der Waals surface area contributed by atoms with E-state index in [1.54, 1.807) is 48.5 Å². The second-order valence-corrected chi connectivity index (χ2v) is 21.1. The van der Waals surface area contributed by atoms with Gasteiger partial charge in [0.15, 0.2) is 0 Å². The molecule has 0 saturated heterocycles. The number of hydrogen-bond acceptors (Lipinski definition) is 10. The number of likely N-dealkylation sites (N-methyl/N-ethyl adjacent to an activating group) is 5. The lowest BCUT2D eigenvalue weighted by atomic mass is 9.90. The lowest BCUT2D eigenvalue weighted by molar-refractivity contribution is -0.160. The molecule has 0 fully saturated rings. The molecular weight excluding hydrogens is 915 g/mol. The molecule has 6 N–H and O–H groups in total. The Morgan fingerprint density at radius 1 is 0.479 bits per heavy atom. The summed E-state index contributed by atoms with van der Waals surface area (Å²) in [4.78, 5) is 143. The molecule has 0 aromatic heterocycles. The fourth-order valence-electron chi connectivity index (χ4n) is 8.93. The summed E-state index contributed by atoms with van der Waals surface area (Å²) in [7, 11) is 7.32. The highest BCUT2D eigenvalue weighted by Crippen LogP contribution is 2.27. The van der Waals surface area contributed by atoms with E-state index < -0.39 is 131 Å². The van der Waals surface area contributed by atoms with Crippen LogP contribution >= 0.6 is 0 Å². The van der Waals surface area contributed by atoms with Crippen LogP contribution in [0.4, 0.5) is 0 Å². The first-order valence-corrected chi connectivity index (χ1v) is 25.4. The van der Waals surface area contributed by atoms with Gasteiger partial charge in [-0.3, -0.25) is 43.2 Å². The van der Waals surface area contributed by atoms with Gasteiger partial charge in [-0.25, -0.2) is 4.79 Å². The maximum atomic E-state index is 14.9. The molecule has 0 aromatic rings. The average Bonchev–Trinajstić information content (AvgIpc) is 3.28. The van der Waals surface area contributed by atoms with Crippen molar-refractivity contribution in [1.29, 1.82) is 0 Å². The van der Waals surface area contributed by atoms with Crippen molar-refractivity contribution in [3.8, 4) is 0 Å². The molecule has 9 amide bonds. The van der Waals surface area contributed by atoms with Crippen LogP contribution in [0, 0.1) is 41.4 Å². The molecule has 11 atom stereocenters. The Bertz CT molecular complexity index is 1840. The average molecular weight is 1010 g/mol. The van der Waals surface area contributed by atoms with E-state index in [0.29, 0.717) is 19.3 Å². The molecule has 0 saturated carbocycles. The molecule has 20 heteroatoms. The van der Waals surface area contributed by atoms with Gasteiger partial charge < -0.3 is 51.3 Å². The van der Waals surface area contributed by atoms with E-state index in [2.05, 4.69) is 16.0 Å². The molecule has 408 valence electrons. The van der Waals surface area contributed by atoms with Crippen molar-refractivity contribution in [3.63, 3.8) is 0 Å². The van der Waals surface area contributed by atoms with E-state index in [1.807, 2.05) is 48.5 Å². The predicted octanol–water partition coefficient (Wildman–Crippen LogP) is 3.10. The lowest BCUT2D eigenvalue weighted by Gasteiger charge is -2.42. The summed E-state index contributed by atoms with van der Waals surface area (Å²) in [5, 5.41) is 18.2. The van der Waals surface area contributed by atoms with Gasteiger partial charge in [0, 0.05) is 48.6 Å². The number of carboxylic acid groups (broad SMARTS) is 1. The van der Waals surface area contributed by atoms with E-state index in [4.69, 9.17) is 5.73 Å². The van der Waals surface area contributed by atoms with Crippen LogP contribution < -0.4 is 21.7 Å². The topological polar surface area (TPSA) is 269 Å². The Morgan fingerprint density at radius 3 is 1.17 bits per heavy atom. The van der Waals surface area contributed by atoms with Gasteiger partial charge >= 0.3 is 5.97 Å². The van der Waals surface area contributed by atoms with Crippen LogP contribution in [0.25, 0.3) is 0 Å². The van der Waals surface area contributed by atoms with Crippen molar-refractivity contribution in [2.45, 2.75) is 191 Å². The molecule has 0 aromatic carbocycles. The number of hydrogen-bond donors (Lipinski definition) is 5. The van der Waals surface area contributed by atoms with Crippen LogP contribution in [0.5, 0.6) is 0 Å². The van der Waals surface area contributed by atoms with Gasteiger partial charge in [-0.2, -0.15) is 0 Å². The molecule has 0 aliphatic heterocycles. The number of nitrogens with two attached hydrogens (primary N) is 1. The normalized spacial score (nSPS) is 16.2. The molecule has 0 spiro atoms. The van der Waals surface area contributed by atoms with Crippen molar-refractivity contribution in [1.82, 2.24) is 40.4 Å². The fraction of sp³-hybridized carbons (Fsp3) is 0.804. The first-order valence-electron chi connectivity index (χ1n) is 25.4. The zero-order chi connectivity index (χ0) is 55.7. The van der Waals surface area contributed by atoms with Crippen LogP contribution in [0.15, 0.2) is 0 Å². The molecule has 0 heterocycles. The number of nitrogens with zero attached hydrogens (tertiary/aromatic N) is 5. The molecule has 0 aliphatic carbocycles. The number of primary amides is 1. The molecule has 71 heavy (non-hydrogen) atoms. The first-order chi connectivity index (χ1) is 32.7. The van der Waals surface area contributed by atoms with Crippen molar-refractivity contribution >= 4 is 59.1 Å². The van der Waals surface area contributed by atoms with Crippen LogP contribution in [0.3, 0.4) is 0 Å². The third-order valence-electron chi connectivity index (χ3n) is 13.9. The van der Waals surface area contributed by atoms with Crippen molar-refractivity contribution in [3.05, 3.63) is 0 Å². The van der Waals surface area contributed by atoms with Gasteiger partial charge in [0.2, 0.25) is 53.2 Å². The zero-order valence-electron chi connectivity index (χ0n) is 46.7. The van der Waals surface area contributed by atoms with Crippen LogP contribution in [0.1, 0.15) is 142 Å². The standard InChI is InChI=1S/C51H93N9O11/c1-21-31(12)41(49(68)59(19)42(32(13)22-2)50(69)60(20)43(51(70)71)33(14)23-3)58(18)48(67)40(30(10)11)57(17)47(66)39(29(8)9)55-45(64)36(26-27(4)5)56(16)46(65)38(28(6)7)54-44(63)35(53-34(15)61)24-25-37(52)62/h27-33,35-36,38-43H,21-26H2,1-20H3,(H2,52,62)(H,53,61)(H,54,63)(H,55,64)(H,70,71). The Hall–Kier alpha value is -5.30. The van der Waals surface area contributed by atoms with E-state index in [9.17, 15) is 53.1 Å². The van der Waals surface area contributed by atoms with Crippen molar-refractivity contribution < 1.29 is 53.1 Å². The van der Waals surface area contributed by atoms with Crippen LogP contribution in [-0.2, 0) is 47.9 Å². The molecule has 11 unspecified atom stereocenters. The van der Waals surface area contributed by atoms with Gasteiger partial charge in [-0.1, -0.05) is 116 Å². The monoisotopic (exact) mass is 1010 g/mol. The Morgan fingerprint density at radius 2 is 0.831 bits per heavy atom. The minimum atomic E-state index is -1.18. The summed E-state index contributed by atoms with van der Waals surface area (Å²) in [6.45, 7) is 26.3. The summed E-state index contributed by atoms with van der Waals surface area (Å²) in [6.07, 6.45) is 1.33. The third-order valence-corrected chi connectivity index (χ3v) is 13.9. The molecule has 0 radical (unpaired) electrons. The van der Waals surface area contributed by atoms with E-state index in [-0.39, 0.29) is 37.0 Å². The van der Waals surface area contributed by atoms with Gasteiger partial charge in [0.25, 0.3) is 0 Å². The first kappa shape index (κ1) is 65.7. The summed E-state index contributed by atoms with van der Waals surface area (Å²) in [5.74, 6) is -9.33. The number of aliphatic carboxylic acids is 1. The minimum absolute atomic E-state index is 0.101. The van der Waals surface area contributed by atoms with E-state index in [1.165, 1.54) is 66.7 Å². The highest BCUT2D eigenvalue weighted by molar-refractivity contribution is 5.98. The Kier molecular flexibility index (Phi) is 27.7. The summed E-state index contributed by atoms with van der Waals surface area (Å²) < 4.78 is 0. The van der Waals surface area contributed by atoms with E-state index in [0.717, 1.165) is 0 Å². The van der Waals surface area contributed by atoms with Gasteiger partial charge in [-0.15, -0.1) is 0 Å². The second kappa shape index (κ2) is 29.9. The number of rotatable bonds is 30. The molecule has 0 aliphatic rings. The van der Waals surface area contributed by atoms with Crippen LogP contribution in [-0.4, -0.2) is 172 Å². The quantitative estimate of drug-likeness (QED) is 0.0698. The van der Waals surface area contributed by atoms with Gasteiger partial charge in [0.1, 0.15) is 48.3 Å². The van der Waals surface area contributed by atoms with Crippen LogP contribution in [0.2, 0.25) is 0 Å². The van der Waals surface area contributed by atoms with Crippen molar-refractivity contribution in [2.75, 3.05) is 35.2 Å². The highest BCUT2D eigenvalue weighted by Gasteiger charge is 2.45. The fourth-order valence-corrected chi connectivity index (χ4v) is 8.93. The predicted molar refractivity (Wildman–Crippen MR) is 273 cm³/mol. The second-order valence-electron chi connectivity index (χ2n) is 21.1. The summed E-state index contributed by atoms with van der Waals surface area (Å²) in [6, 6.07) is -9.02. The van der Waals surface area contributed by atoms with Gasteiger partial charge in [-0.05, 0) is 54.3 Å². The third kappa shape index (κ3) is 18.4. The number of carbonyl (C=O) groups is 10. The Balaban J connectivity index is 7.04. The number of carbonyl (C=O) groups excluding carboxylic acids is 9. The highest BCUT2D eigenvalue weighted by atomic mass is 16.4. The molecule has 0 rings (SSSR count). The summed E-state index contributed by atoms with van der Waals surface area (Å²) >= 11 is 0. The zero-order valence-corrected chi connectivity index (χ0v) is 46.7. The number of nitrogens with one attached hydrogen (secondary N) is 3. The SMILES string of the molecule is CCC(C)C(C(=O)N(C)C(C(=O)N(C)C(C(=O)O)C(C)CC)C(C)CC)N(C)C(=O)C(C(C)C)N(C)C(=O)C(NC(=O)C(CC(C)C)N(C)C(=O)C(NC(=O)C(CCC(N)=O)NC(C)=O)C(C)C)C(C)C. The largest absolute Gasteiger partial charge is 0.480 e. The maximum Gasteiger partial charge on any atom is 0.326 e. The minimum Gasteiger partial charge on any atom is -0.480 e.